The van der Waals surface area contributed by atoms with Crippen LogP contribution in [0.4, 0.5) is 0 Å². The third-order valence-electron chi connectivity index (χ3n) is 4.48. The smallest absolute Gasteiger partial charge is 0.270 e. The molecule has 1 amide bonds. The first-order valence-corrected chi connectivity index (χ1v) is 9.47. The van der Waals surface area contributed by atoms with Crippen LogP contribution in [0.3, 0.4) is 0 Å². The van der Waals surface area contributed by atoms with Crippen molar-refractivity contribution in [3.63, 3.8) is 0 Å². The quantitative estimate of drug-likeness (QED) is 0.779. The minimum Gasteiger partial charge on any atom is -0.486 e. The number of fused-ring (bicyclic) bond motifs is 1. The largest absolute Gasteiger partial charge is 0.486 e. The molecule has 2 N–H and O–H groups in total. The summed E-state index contributed by atoms with van der Waals surface area (Å²) >= 11 is 1.46. The molecule has 1 fully saturated rings. The Morgan fingerprint density at radius 3 is 2.81 bits per heavy atom. The van der Waals surface area contributed by atoms with E-state index in [9.17, 15) is 4.79 Å². The standard InChI is InChI=1S/C18H21N3O3S.2ClH/c1-11-8-13(4-5-19-11)20-17(22)14-10-25-18(21-14)12-2-3-15-16(9-12)24-7-6-23-15;;/h2-3,9-11,13,19H,4-8H2,1H3,(H,20,22);2*1H. The van der Waals surface area contributed by atoms with Gasteiger partial charge in [0.15, 0.2) is 11.5 Å². The van der Waals surface area contributed by atoms with Gasteiger partial charge in [-0.3, -0.25) is 4.79 Å². The summed E-state index contributed by atoms with van der Waals surface area (Å²) in [6.07, 6.45) is 1.90. The van der Waals surface area contributed by atoms with Crippen molar-refractivity contribution in [3.8, 4) is 22.1 Å². The predicted octanol–water partition coefficient (Wildman–Crippen LogP) is 3.30. The number of benzene rings is 1. The summed E-state index contributed by atoms with van der Waals surface area (Å²) in [5.74, 6) is 1.39. The molecule has 1 aromatic carbocycles. The highest BCUT2D eigenvalue weighted by Gasteiger charge is 2.22. The number of nitrogens with one attached hydrogen (secondary N) is 2. The van der Waals surface area contributed by atoms with Crippen molar-refractivity contribution in [2.45, 2.75) is 31.8 Å². The number of carbonyl (C=O) groups excluding carboxylic acids is 1. The van der Waals surface area contributed by atoms with Gasteiger partial charge in [0.1, 0.15) is 23.9 Å². The molecule has 3 heterocycles. The molecule has 0 aliphatic carbocycles. The highest BCUT2D eigenvalue weighted by atomic mass is 35.5. The molecule has 0 spiro atoms. The molecule has 4 rings (SSSR count). The molecule has 2 aliphatic heterocycles. The van der Waals surface area contributed by atoms with Crippen LogP contribution in [0.5, 0.6) is 11.5 Å². The normalized spacial score (nSPS) is 20.8. The third kappa shape index (κ3) is 5.04. The van der Waals surface area contributed by atoms with Crippen LogP contribution in [0.25, 0.3) is 10.6 Å². The van der Waals surface area contributed by atoms with Crippen LogP contribution >= 0.6 is 36.2 Å². The van der Waals surface area contributed by atoms with Gasteiger partial charge in [0.25, 0.3) is 5.91 Å². The van der Waals surface area contributed by atoms with Gasteiger partial charge in [-0.15, -0.1) is 36.2 Å². The predicted molar refractivity (Wildman–Crippen MR) is 111 cm³/mol. The number of thiazole rings is 1. The van der Waals surface area contributed by atoms with Gasteiger partial charge in [-0.25, -0.2) is 4.98 Å². The van der Waals surface area contributed by atoms with Crippen LogP contribution in [0.1, 0.15) is 30.3 Å². The van der Waals surface area contributed by atoms with Gasteiger partial charge in [-0.2, -0.15) is 0 Å². The van der Waals surface area contributed by atoms with Crippen molar-refractivity contribution in [3.05, 3.63) is 29.3 Å². The lowest BCUT2D eigenvalue weighted by molar-refractivity contribution is 0.0921. The lowest BCUT2D eigenvalue weighted by atomic mass is 10.0. The highest BCUT2D eigenvalue weighted by Crippen LogP contribution is 2.35. The third-order valence-corrected chi connectivity index (χ3v) is 5.38. The Morgan fingerprint density at radius 1 is 1.26 bits per heavy atom. The summed E-state index contributed by atoms with van der Waals surface area (Å²) in [7, 11) is 0. The summed E-state index contributed by atoms with van der Waals surface area (Å²) in [5.41, 5.74) is 1.41. The average Bonchev–Trinajstić information content (AvgIpc) is 3.12. The molecule has 2 aromatic rings. The van der Waals surface area contributed by atoms with Gasteiger partial charge in [-0.1, -0.05) is 0 Å². The maximum atomic E-state index is 12.5. The van der Waals surface area contributed by atoms with Crippen LogP contribution in [0, 0.1) is 0 Å². The molecule has 2 atom stereocenters. The molecule has 0 bridgehead atoms. The van der Waals surface area contributed by atoms with Gasteiger partial charge >= 0.3 is 0 Å². The summed E-state index contributed by atoms with van der Waals surface area (Å²) in [6.45, 7) is 4.20. The van der Waals surface area contributed by atoms with Crippen LogP contribution < -0.4 is 20.1 Å². The molecule has 148 valence electrons. The van der Waals surface area contributed by atoms with E-state index in [4.69, 9.17) is 9.47 Å². The Morgan fingerprint density at radius 2 is 2.04 bits per heavy atom. The fourth-order valence-electron chi connectivity index (χ4n) is 3.21. The van der Waals surface area contributed by atoms with Gasteiger partial charge in [0, 0.05) is 23.0 Å². The van der Waals surface area contributed by atoms with Crippen LogP contribution in [-0.2, 0) is 0 Å². The number of aromatic nitrogens is 1. The molecule has 1 aromatic heterocycles. The number of halogens is 2. The zero-order valence-electron chi connectivity index (χ0n) is 14.9. The van der Waals surface area contributed by atoms with E-state index in [2.05, 4.69) is 22.5 Å². The van der Waals surface area contributed by atoms with Crippen molar-refractivity contribution in [2.24, 2.45) is 0 Å². The number of nitrogens with zero attached hydrogens (tertiary/aromatic N) is 1. The van der Waals surface area contributed by atoms with E-state index in [-0.39, 0.29) is 36.8 Å². The Labute approximate surface area is 174 Å². The van der Waals surface area contributed by atoms with E-state index in [0.29, 0.717) is 24.9 Å². The summed E-state index contributed by atoms with van der Waals surface area (Å²) in [6, 6.07) is 6.40. The second kappa shape index (κ2) is 9.59. The minimum atomic E-state index is -0.0980. The molecular weight excluding hydrogens is 409 g/mol. The Balaban J connectivity index is 0.00000131. The highest BCUT2D eigenvalue weighted by molar-refractivity contribution is 7.13. The van der Waals surface area contributed by atoms with Crippen molar-refractivity contribution >= 4 is 42.1 Å². The summed E-state index contributed by atoms with van der Waals surface area (Å²) < 4.78 is 11.2. The van der Waals surface area contributed by atoms with Gasteiger partial charge in [0.2, 0.25) is 0 Å². The number of carbonyl (C=O) groups is 1. The SMILES string of the molecule is CC1CC(NC(=O)c2csc(-c3ccc4c(c3)OCCO4)n2)CCN1.Cl.Cl. The zero-order valence-corrected chi connectivity index (χ0v) is 17.3. The Hall–Kier alpha value is -1.54. The molecule has 1 saturated heterocycles. The van der Waals surface area contributed by atoms with E-state index in [1.807, 2.05) is 23.6 Å². The van der Waals surface area contributed by atoms with Crippen molar-refractivity contribution in [2.75, 3.05) is 19.8 Å². The van der Waals surface area contributed by atoms with E-state index >= 15 is 0 Å². The Kier molecular flexibility index (Phi) is 7.73. The maximum Gasteiger partial charge on any atom is 0.270 e. The number of hydrogen-bond acceptors (Lipinski definition) is 6. The molecule has 2 unspecified atom stereocenters. The van der Waals surface area contributed by atoms with Crippen LogP contribution in [0.2, 0.25) is 0 Å². The topological polar surface area (TPSA) is 72.5 Å². The van der Waals surface area contributed by atoms with Gasteiger partial charge < -0.3 is 20.1 Å². The molecule has 0 radical (unpaired) electrons. The van der Waals surface area contributed by atoms with E-state index < -0.39 is 0 Å². The number of ether oxygens (including phenoxy) is 2. The average molecular weight is 432 g/mol. The second-order valence-corrected chi connectivity index (χ2v) is 7.30. The van der Waals surface area contributed by atoms with Crippen LogP contribution in [0.15, 0.2) is 23.6 Å². The minimum absolute atomic E-state index is 0. The molecule has 9 heteroatoms. The van der Waals surface area contributed by atoms with E-state index in [0.717, 1.165) is 41.5 Å². The number of amides is 1. The number of hydrogen-bond donors (Lipinski definition) is 2. The summed E-state index contributed by atoms with van der Waals surface area (Å²) in [5, 5.41) is 9.11. The first-order chi connectivity index (χ1) is 12.2. The number of piperidine rings is 1. The van der Waals surface area contributed by atoms with Crippen molar-refractivity contribution in [1.82, 2.24) is 15.6 Å². The van der Waals surface area contributed by atoms with E-state index in [1.165, 1.54) is 11.3 Å². The molecular formula is C18H23Cl2N3O3S. The number of rotatable bonds is 3. The van der Waals surface area contributed by atoms with E-state index in [1.54, 1.807) is 0 Å². The lowest BCUT2D eigenvalue weighted by Gasteiger charge is -2.28. The van der Waals surface area contributed by atoms with Gasteiger partial charge in [0.05, 0.1) is 0 Å². The lowest BCUT2D eigenvalue weighted by Crippen LogP contribution is -2.46. The monoisotopic (exact) mass is 431 g/mol. The zero-order chi connectivity index (χ0) is 17.2. The Bertz CT molecular complexity index is 787. The fourth-order valence-corrected chi connectivity index (χ4v) is 4.01. The van der Waals surface area contributed by atoms with Crippen LogP contribution in [-0.4, -0.2) is 42.7 Å². The molecule has 27 heavy (non-hydrogen) atoms. The molecule has 2 aliphatic rings. The molecule has 6 nitrogen and oxygen atoms in total. The maximum absolute atomic E-state index is 12.5. The second-order valence-electron chi connectivity index (χ2n) is 6.45. The van der Waals surface area contributed by atoms with Crippen molar-refractivity contribution in [1.29, 1.82) is 0 Å². The van der Waals surface area contributed by atoms with Crippen molar-refractivity contribution < 1.29 is 14.3 Å². The molecule has 0 saturated carbocycles. The fraction of sp³-hybridized carbons (Fsp3) is 0.444. The first kappa shape index (κ1) is 21.8. The van der Waals surface area contributed by atoms with Gasteiger partial charge in [-0.05, 0) is 44.5 Å². The first-order valence-electron chi connectivity index (χ1n) is 8.59. The summed E-state index contributed by atoms with van der Waals surface area (Å²) in [4.78, 5) is 17.0.